The Labute approximate surface area is 97.5 Å². The highest BCUT2D eigenvalue weighted by Crippen LogP contribution is 2.25. The second-order valence-electron chi connectivity index (χ2n) is 4.68. The van der Waals surface area contributed by atoms with Gasteiger partial charge in [0.25, 0.3) is 0 Å². The SMILES string of the molecule is C[C@H]1CCCN([C@H](C#N)c2ccccc2)C1. The van der Waals surface area contributed by atoms with E-state index >= 15 is 0 Å². The van der Waals surface area contributed by atoms with Gasteiger partial charge in [0.2, 0.25) is 0 Å². The lowest BCUT2D eigenvalue weighted by Gasteiger charge is -2.34. The van der Waals surface area contributed by atoms with Crippen LogP contribution in [0.5, 0.6) is 0 Å². The fraction of sp³-hybridized carbons (Fsp3) is 0.500. The summed E-state index contributed by atoms with van der Waals surface area (Å²) in [5.74, 6) is 0.716. The third kappa shape index (κ3) is 2.43. The number of benzene rings is 1. The first-order valence-corrected chi connectivity index (χ1v) is 6.00. The summed E-state index contributed by atoms with van der Waals surface area (Å²) in [6.07, 6.45) is 2.51. The molecule has 0 unspecified atom stereocenters. The lowest BCUT2D eigenvalue weighted by molar-refractivity contribution is 0.156. The maximum atomic E-state index is 9.33. The fourth-order valence-corrected chi connectivity index (χ4v) is 2.46. The zero-order chi connectivity index (χ0) is 11.4. The van der Waals surface area contributed by atoms with E-state index in [1.807, 2.05) is 30.3 Å². The van der Waals surface area contributed by atoms with Crippen molar-refractivity contribution in [2.24, 2.45) is 5.92 Å². The number of hydrogen-bond donors (Lipinski definition) is 0. The molecule has 0 amide bonds. The number of hydrogen-bond acceptors (Lipinski definition) is 2. The Bertz CT molecular complexity index is 366. The van der Waals surface area contributed by atoms with E-state index < -0.39 is 0 Å². The molecule has 2 rings (SSSR count). The summed E-state index contributed by atoms with van der Waals surface area (Å²) in [5, 5.41) is 9.33. The second kappa shape index (κ2) is 5.14. The molecule has 1 heterocycles. The summed E-state index contributed by atoms with van der Waals surface area (Å²) < 4.78 is 0. The molecular weight excluding hydrogens is 196 g/mol. The van der Waals surface area contributed by atoms with E-state index in [-0.39, 0.29) is 6.04 Å². The monoisotopic (exact) mass is 214 g/mol. The molecule has 0 aliphatic carbocycles. The number of likely N-dealkylation sites (tertiary alicyclic amines) is 1. The van der Waals surface area contributed by atoms with Gasteiger partial charge in [-0.1, -0.05) is 37.3 Å². The average molecular weight is 214 g/mol. The van der Waals surface area contributed by atoms with Crippen LogP contribution in [0.3, 0.4) is 0 Å². The predicted molar refractivity (Wildman–Crippen MR) is 64.8 cm³/mol. The Kier molecular flexibility index (Phi) is 3.58. The molecule has 1 saturated heterocycles. The van der Waals surface area contributed by atoms with Crippen LogP contribution in [0.25, 0.3) is 0 Å². The molecule has 1 aliphatic rings. The van der Waals surface area contributed by atoms with Crippen molar-refractivity contribution in [2.75, 3.05) is 13.1 Å². The molecule has 16 heavy (non-hydrogen) atoms. The van der Waals surface area contributed by atoms with Gasteiger partial charge < -0.3 is 0 Å². The summed E-state index contributed by atoms with van der Waals surface area (Å²) in [5.41, 5.74) is 1.12. The molecule has 2 nitrogen and oxygen atoms in total. The van der Waals surface area contributed by atoms with Crippen molar-refractivity contribution in [3.63, 3.8) is 0 Å². The number of rotatable bonds is 2. The zero-order valence-electron chi connectivity index (χ0n) is 9.76. The van der Waals surface area contributed by atoms with E-state index in [4.69, 9.17) is 0 Å². The highest BCUT2D eigenvalue weighted by atomic mass is 15.2. The Morgan fingerprint density at radius 1 is 1.38 bits per heavy atom. The maximum absolute atomic E-state index is 9.33. The van der Waals surface area contributed by atoms with E-state index in [9.17, 15) is 5.26 Å². The largest absolute Gasteiger partial charge is 0.284 e. The Balaban J connectivity index is 2.14. The first-order chi connectivity index (χ1) is 7.81. The topological polar surface area (TPSA) is 27.0 Å². The van der Waals surface area contributed by atoms with Gasteiger partial charge in [-0.15, -0.1) is 0 Å². The van der Waals surface area contributed by atoms with Crippen LogP contribution in [0.15, 0.2) is 30.3 Å². The van der Waals surface area contributed by atoms with Crippen LogP contribution in [0.4, 0.5) is 0 Å². The molecule has 0 bridgehead atoms. The zero-order valence-corrected chi connectivity index (χ0v) is 9.76. The molecule has 0 spiro atoms. The van der Waals surface area contributed by atoms with Crippen LogP contribution in [0.1, 0.15) is 31.4 Å². The lowest BCUT2D eigenvalue weighted by atomic mass is 9.97. The van der Waals surface area contributed by atoms with Crippen molar-refractivity contribution in [2.45, 2.75) is 25.8 Å². The van der Waals surface area contributed by atoms with Crippen molar-refractivity contribution >= 4 is 0 Å². The van der Waals surface area contributed by atoms with Gasteiger partial charge in [0, 0.05) is 6.54 Å². The minimum absolute atomic E-state index is 0.0658. The first kappa shape index (κ1) is 11.2. The van der Waals surface area contributed by atoms with Crippen LogP contribution in [0.2, 0.25) is 0 Å². The summed E-state index contributed by atoms with van der Waals surface area (Å²) >= 11 is 0. The van der Waals surface area contributed by atoms with Gasteiger partial charge in [0.1, 0.15) is 6.04 Å². The molecule has 1 aromatic carbocycles. The average Bonchev–Trinajstić information content (AvgIpc) is 2.31. The lowest BCUT2D eigenvalue weighted by Crippen LogP contribution is -2.36. The molecule has 84 valence electrons. The maximum Gasteiger partial charge on any atom is 0.123 e. The van der Waals surface area contributed by atoms with Crippen molar-refractivity contribution in [1.82, 2.24) is 4.90 Å². The van der Waals surface area contributed by atoms with Crippen LogP contribution in [-0.4, -0.2) is 18.0 Å². The van der Waals surface area contributed by atoms with Crippen LogP contribution < -0.4 is 0 Å². The molecule has 1 fully saturated rings. The Morgan fingerprint density at radius 2 is 2.12 bits per heavy atom. The van der Waals surface area contributed by atoms with E-state index in [0.717, 1.165) is 18.7 Å². The van der Waals surface area contributed by atoms with Gasteiger partial charge in [0.05, 0.1) is 6.07 Å². The smallest absolute Gasteiger partial charge is 0.123 e. The van der Waals surface area contributed by atoms with Crippen molar-refractivity contribution in [1.29, 1.82) is 5.26 Å². The molecular formula is C14H18N2. The second-order valence-corrected chi connectivity index (χ2v) is 4.68. The van der Waals surface area contributed by atoms with Gasteiger partial charge in [-0.25, -0.2) is 0 Å². The third-order valence-corrected chi connectivity index (χ3v) is 3.29. The van der Waals surface area contributed by atoms with E-state index in [1.54, 1.807) is 0 Å². The van der Waals surface area contributed by atoms with Gasteiger partial charge in [0.15, 0.2) is 0 Å². The fourth-order valence-electron chi connectivity index (χ4n) is 2.46. The summed E-state index contributed by atoms with van der Waals surface area (Å²) in [6, 6.07) is 12.5. The van der Waals surface area contributed by atoms with E-state index in [2.05, 4.69) is 17.9 Å². The number of nitriles is 1. The first-order valence-electron chi connectivity index (χ1n) is 6.00. The Hall–Kier alpha value is -1.33. The molecule has 2 atom stereocenters. The van der Waals surface area contributed by atoms with Crippen LogP contribution in [0, 0.1) is 17.2 Å². The molecule has 0 aromatic heterocycles. The minimum atomic E-state index is -0.0658. The van der Waals surface area contributed by atoms with Gasteiger partial charge in [-0.2, -0.15) is 5.26 Å². The Morgan fingerprint density at radius 3 is 2.75 bits per heavy atom. The van der Waals surface area contributed by atoms with Gasteiger partial charge >= 0.3 is 0 Å². The van der Waals surface area contributed by atoms with Crippen molar-refractivity contribution in [3.8, 4) is 6.07 Å². The van der Waals surface area contributed by atoms with Gasteiger partial charge in [-0.05, 0) is 30.9 Å². The number of piperidine rings is 1. The molecule has 0 saturated carbocycles. The van der Waals surface area contributed by atoms with E-state index in [1.165, 1.54) is 12.8 Å². The molecule has 0 radical (unpaired) electrons. The highest BCUT2D eigenvalue weighted by Gasteiger charge is 2.24. The third-order valence-electron chi connectivity index (χ3n) is 3.29. The quantitative estimate of drug-likeness (QED) is 0.756. The molecule has 2 heteroatoms. The summed E-state index contributed by atoms with van der Waals surface area (Å²) in [6.45, 7) is 4.37. The van der Waals surface area contributed by atoms with E-state index in [0.29, 0.717) is 5.92 Å². The van der Waals surface area contributed by atoms with Crippen molar-refractivity contribution in [3.05, 3.63) is 35.9 Å². The summed E-state index contributed by atoms with van der Waals surface area (Å²) in [4.78, 5) is 2.31. The van der Waals surface area contributed by atoms with Crippen molar-refractivity contribution < 1.29 is 0 Å². The molecule has 1 aromatic rings. The van der Waals surface area contributed by atoms with Gasteiger partial charge in [-0.3, -0.25) is 4.90 Å². The highest BCUT2D eigenvalue weighted by molar-refractivity contribution is 5.24. The number of nitrogens with zero attached hydrogens (tertiary/aromatic N) is 2. The summed E-state index contributed by atoms with van der Waals surface area (Å²) in [7, 11) is 0. The van der Waals surface area contributed by atoms with Crippen LogP contribution in [-0.2, 0) is 0 Å². The normalized spacial score (nSPS) is 23.6. The van der Waals surface area contributed by atoms with Crippen LogP contribution >= 0.6 is 0 Å². The minimum Gasteiger partial charge on any atom is -0.284 e. The standard InChI is InChI=1S/C14H18N2/c1-12-6-5-9-16(11-12)14(10-15)13-7-3-2-4-8-13/h2-4,7-8,12,14H,5-6,9,11H2,1H3/t12-,14+/m0/s1. The molecule has 0 N–H and O–H groups in total. The predicted octanol–water partition coefficient (Wildman–Crippen LogP) is 2.98. The molecule has 1 aliphatic heterocycles.